The maximum Gasteiger partial charge on any atom is 0.166 e. The highest BCUT2D eigenvalue weighted by Crippen LogP contribution is 2.38. The smallest absolute Gasteiger partial charge is 0.166 e. The molecule has 0 saturated carbocycles. The number of rotatable bonds is 15. The lowest BCUT2D eigenvalue weighted by atomic mass is 9.77. The normalized spacial score (nSPS) is 20.1. The first-order chi connectivity index (χ1) is 15.6. The molecule has 6 heteroatoms. The van der Waals surface area contributed by atoms with Crippen molar-refractivity contribution in [3.8, 4) is 0 Å². The molecule has 1 fully saturated rings. The third-order valence-electron chi connectivity index (χ3n) is 7.17. The molecule has 3 N–H and O–H groups in total. The summed E-state index contributed by atoms with van der Waals surface area (Å²) >= 11 is 0. The second-order valence-corrected chi connectivity index (χ2v) is 11.6. The number of nitrogens with one attached hydrogen (secondary N) is 1. The van der Waals surface area contributed by atoms with E-state index in [0.717, 1.165) is 50.9 Å². The van der Waals surface area contributed by atoms with Crippen molar-refractivity contribution < 1.29 is 0 Å². The largest absolute Gasteiger partial charge is 0.307 e. The molecule has 33 heavy (non-hydrogen) atoms. The first-order valence-electron chi connectivity index (χ1n) is 13.6. The van der Waals surface area contributed by atoms with Crippen LogP contribution in [0.5, 0.6) is 0 Å². The van der Waals surface area contributed by atoms with Crippen LogP contribution in [0, 0.1) is 0 Å². The number of hydrogen-bond donors (Lipinski definition) is 2. The van der Waals surface area contributed by atoms with E-state index >= 15 is 0 Å². The first-order valence-corrected chi connectivity index (χ1v) is 13.6. The molecule has 0 spiro atoms. The Balaban J connectivity index is 2.20. The SMILES string of the molecule is CCCCCCCCCCC(N)(c1ncncn1)N(CCCC)C1CC(C)(C)NC(C)(C)C1. The van der Waals surface area contributed by atoms with Gasteiger partial charge in [-0.1, -0.05) is 65.2 Å². The summed E-state index contributed by atoms with van der Waals surface area (Å²) in [6.07, 6.45) is 18.9. The maximum absolute atomic E-state index is 7.35. The molecule has 0 aliphatic carbocycles. The van der Waals surface area contributed by atoms with E-state index in [1.165, 1.54) is 44.9 Å². The van der Waals surface area contributed by atoms with E-state index in [-0.39, 0.29) is 11.1 Å². The molecule has 0 bridgehead atoms. The van der Waals surface area contributed by atoms with Crippen LogP contribution in [0.25, 0.3) is 0 Å². The summed E-state index contributed by atoms with van der Waals surface area (Å²) in [5.41, 5.74) is 6.82. The van der Waals surface area contributed by atoms with Crippen molar-refractivity contribution in [3.05, 3.63) is 18.5 Å². The van der Waals surface area contributed by atoms with Crippen LogP contribution in [-0.4, -0.2) is 43.5 Å². The van der Waals surface area contributed by atoms with Crippen LogP contribution in [0.4, 0.5) is 0 Å². The molecule has 1 aromatic rings. The standard InChI is InChI=1S/C27H52N6/c1-7-9-11-12-13-14-15-16-17-27(28,24-30-21-29-22-31-24)33(18-10-8-2)23-19-25(3,4)32-26(5,6)20-23/h21-23,32H,7-20,28H2,1-6H3. The van der Waals surface area contributed by atoms with E-state index < -0.39 is 5.66 Å². The van der Waals surface area contributed by atoms with Crippen LogP contribution >= 0.6 is 0 Å². The average Bonchev–Trinajstić information content (AvgIpc) is 2.74. The van der Waals surface area contributed by atoms with E-state index in [4.69, 9.17) is 5.73 Å². The second-order valence-electron chi connectivity index (χ2n) is 11.6. The van der Waals surface area contributed by atoms with Crippen molar-refractivity contribution in [2.45, 2.75) is 148 Å². The molecule has 1 saturated heterocycles. The van der Waals surface area contributed by atoms with Crippen molar-refractivity contribution in [2.75, 3.05) is 6.54 Å². The van der Waals surface area contributed by atoms with Crippen LogP contribution in [0.3, 0.4) is 0 Å². The molecule has 1 atom stereocenters. The number of piperidine rings is 1. The fourth-order valence-corrected chi connectivity index (χ4v) is 5.90. The molecule has 1 aliphatic rings. The maximum atomic E-state index is 7.35. The molecule has 1 unspecified atom stereocenters. The van der Waals surface area contributed by atoms with Gasteiger partial charge in [0.05, 0.1) is 0 Å². The third-order valence-corrected chi connectivity index (χ3v) is 7.17. The summed E-state index contributed by atoms with van der Waals surface area (Å²) in [6, 6.07) is 0.388. The Morgan fingerprint density at radius 1 is 0.879 bits per heavy atom. The van der Waals surface area contributed by atoms with Crippen molar-refractivity contribution in [1.29, 1.82) is 0 Å². The molecule has 6 nitrogen and oxygen atoms in total. The highest BCUT2D eigenvalue weighted by Gasteiger charge is 2.46. The predicted molar refractivity (Wildman–Crippen MR) is 139 cm³/mol. The van der Waals surface area contributed by atoms with Crippen molar-refractivity contribution >= 4 is 0 Å². The van der Waals surface area contributed by atoms with E-state index in [2.05, 4.69) is 66.7 Å². The lowest BCUT2D eigenvalue weighted by Crippen LogP contribution is -2.67. The fraction of sp³-hybridized carbons (Fsp3) is 0.889. The zero-order valence-corrected chi connectivity index (χ0v) is 22.5. The Kier molecular flexibility index (Phi) is 11.2. The highest BCUT2D eigenvalue weighted by atomic mass is 15.3. The van der Waals surface area contributed by atoms with E-state index in [1.807, 2.05) is 0 Å². The zero-order valence-electron chi connectivity index (χ0n) is 22.5. The molecular formula is C27H52N6. The Morgan fingerprint density at radius 3 is 1.94 bits per heavy atom. The van der Waals surface area contributed by atoms with Crippen molar-refractivity contribution in [2.24, 2.45) is 5.73 Å². The van der Waals surface area contributed by atoms with Crippen LogP contribution in [-0.2, 0) is 5.66 Å². The molecule has 0 amide bonds. The molecule has 1 aliphatic heterocycles. The van der Waals surface area contributed by atoms with E-state index in [9.17, 15) is 0 Å². The van der Waals surface area contributed by atoms with Gasteiger partial charge in [0.1, 0.15) is 18.3 Å². The molecule has 0 radical (unpaired) electrons. The van der Waals surface area contributed by atoms with Crippen LogP contribution < -0.4 is 11.1 Å². The molecule has 190 valence electrons. The highest BCUT2D eigenvalue weighted by molar-refractivity contribution is 5.08. The number of hydrogen-bond acceptors (Lipinski definition) is 6. The minimum absolute atomic E-state index is 0.0649. The lowest BCUT2D eigenvalue weighted by molar-refractivity contribution is -0.0230. The number of aromatic nitrogens is 3. The Labute approximate surface area is 203 Å². The van der Waals surface area contributed by atoms with Gasteiger partial charge < -0.3 is 11.1 Å². The monoisotopic (exact) mass is 460 g/mol. The molecule has 2 rings (SSSR count). The molecule has 2 heterocycles. The third kappa shape index (κ3) is 8.88. The predicted octanol–water partition coefficient (Wildman–Crippen LogP) is 5.93. The van der Waals surface area contributed by atoms with Crippen LogP contribution in [0.2, 0.25) is 0 Å². The first kappa shape index (κ1) is 28.1. The summed E-state index contributed by atoms with van der Waals surface area (Å²) in [6.45, 7) is 14.8. The van der Waals surface area contributed by atoms with Gasteiger partial charge in [-0.05, 0) is 59.8 Å². The molecule has 1 aromatic heterocycles. The van der Waals surface area contributed by atoms with Gasteiger partial charge in [-0.3, -0.25) is 4.90 Å². The number of unbranched alkanes of at least 4 members (excludes halogenated alkanes) is 8. The average molecular weight is 461 g/mol. The fourth-order valence-electron chi connectivity index (χ4n) is 5.90. The Hall–Kier alpha value is -1.11. The minimum Gasteiger partial charge on any atom is -0.307 e. The molecular weight excluding hydrogens is 408 g/mol. The van der Waals surface area contributed by atoms with Crippen molar-refractivity contribution in [1.82, 2.24) is 25.2 Å². The van der Waals surface area contributed by atoms with E-state index in [1.54, 1.807) is 12.7 Å². The summed E-state index contributed by atoms with van der Waals surface area (Å²) in [5.74, 6) is 0.727. The van der Waals surface area contributed by atoms with Gasteiger partial charge in [-0.2, -0.15) is 0 Å². The number of nitrogens with zero attached hydrogens (tertiary/aromatic N) is 4. The number of nitrogens with two attached hydrogens (primary N) is 1. The summed E-state index contributed by atoms with van der Waals surface area (Å²) < 4.78 is 0. The van der Waals surface area contributed by atoms with Crippen LogP contribution in [0.1, 0.15) is 131 Å². The van der Waals surface area contributed by atoms with Crippen LogP contribution in [0.15, 0.2) is 12.7 Å². The zero-order chi connectivity index (χ0) is 24.4. The van der Waals surface area contributed by atoms with Gasteiger partial charge in [0.2, 0.25) is 0 Å². The topological polar surface area (TPSA) is 80.0 Å². The lowest BCUT2D eigenvalue weighted by Gasteiger charge is -2.53. The summed E-state index contributed by atoms with van der Waals surface area (Å²) in [4.78, 5) is 15.8. The van der Waals surface area contributed by atoms with Gasteiger partial charge in [-0.25, -0.2) is 15.0 Å². The summed E-state index contributed by atoms with van der Waals surface area (Å²) in [7, 11) is 0. The molecule has 0 aromatic carbocycles. The Bertz CT molecular complexity index is 646. The van der Waals surface area contributed by atoms with Gasteiger partial charge in [0.15, 0.2) is 5.82 Å². The van der Waals surface area contributed by atoms with Gasteiger partial charge in [0.25, 0.3) is 0 Å². The second kappa shape index (κ2) is 13.1. The quantitative estimate of drug-likeness (QED) is 0.250. The van der Waals surface area contributed by atoms with Gasteiger partial charge in [-0.15, -0.1) is 0 Å². The van der Waals surface area contributed by atoms with E-state index in [0.29, 0.717) is 6.04 Å². The van der Waals surface area contributed by atoms with Gasteiger partial charge >= 0.3 is 0 Å². The van der Waals surface area contributed by atoms with Gasteiger partial charge in [0, 0.05) is 23.7 Å². The Morgan fingerprint density at radius 2 is 1.39 bits per heavy atom. The minimum atomic E-state index is -0.658. The summed E-state index contributed by atoms with van der Waals surface area (Å²) in [5, 5.41) is 3.84. The van der Waals surface area contributed by atoms with Crippen molar-refractivity contribution in [3.63, 3.8) is 0 Å².